The second-order valence-electron chi connectivity index (χ2n) is 24.4. The summed E-state index contributed by atoms with van der Waals surface area (Å²) in [6, 6.07) is 74.0. The Bertz CT molecular complexity index is 3780. The minimum absolute atomic E-state index is 0.118. The molecule has 10 aromatic carbocycles. The Morgan fingerprint density at radius 3 is 0.861 bits per heavy atom. The summed E-state index contributed by atoms with van der Waals surface area (Å²) in [6.07, 6.45) is 0. The van der Waals surface area contributed by atoms with Gasteiger partial charge in [0, 0.05) is 0 Å². The topological polar surface area (TPSA) is 0 Å². The van der Waals surface area contributed by atoms with Crippen LogP contribution >= 0.6 is 0 Å². The summed E-state index contributed by atoms with van der Waals surface area (Å²) < 4.78 is 6.25. The molecule has 12 rings (SSSR count). The maximum atomic E-state index is 2.90. The van der Waals surface area contributed by atoms with Gasteiger partial charge in [0.1, 0.15) is 0 Å². The summed E-state index contributed by atoms with van der Waals surface area (Å²) in [5, 5.41) is 10.4. The Morgan fingerprint density at radius 1 is 0.319 bits per heavy atom. The second-order valence-corrected chi connectivity index (χ2v) is 54.9. The predicted octanol–water partition coefficient (Wildman–Crippen LogP) is 19.8. The number of hydrogen-bond acceptors (Lipinski definition) is 0. The van der Waals surface area contributed by atoms with E-state index in [9.17, 15) is 0 Å². The normalized spacial score (nSPS) is 16.4. The molecular formula is C70H66SiZr. The molecule has 0 fully saturated rings. The van der Waals surface area contributed by atoms with Crippen LogP contribution in [0.15, 0.2) is 205 Å². The van der Waals surface area contributed by atoms with Crippen molar-refractivity contribution in [3.63, 3.8) is 0 Å². The number of hydrogen-bond donors (Lipinski definition) is 0. The molecule has 0 saturated carbocycles. The van der Waals surface area contributed by atoms with Gasteiger partial charge in [0.15, 0.2) is 0 Å². The van der Waals surface area contributed by atoms with Crippen LogP contribution in [0.25, 0.3) is 98.7 Å². The fraction of sp³-hybridized carbons (Fsp3) is 0.200. The van der Waals surface area contributed by atoms with Crippen molar-refractivity contribution in [3.8, 4) is 44.5 Å². The first kappa shape index (κ1) is 46.9. The molecule has 2 unspecified atom stereocenters. The van der Waals surface area contributed by atoms with Gasteiger partial charge in [-0.15, -0.1) is 0 Å². The molecule has 0 aromatic heterocycles. The van der Waals surface area contributed by atoms with E-state index in [-0.39, 0.29) is 18.1 Å². The minimum atomic E-state index is -4.65. The van der Waals surface area contributed by atoms with E-state index < -0.39 is 17.4 Å². The zero-order valence-electron chi connectivity index (χ0n) is 43.8. The van der Waals surface area contributed by atoms with Crippen LogP contribution in [0, 0.1) is 10.8 Å². The van der Waals surface area contributed by atoms with Crippen LogP contribution in [0.5, 0.6) is 0 Å². The Hall–Kier alpha value is -6.18. The molecule has 0 amide bonds. The van der Waals surface area contributed by atoms with Crippen LogP contribution in [0.3, 0.4) is 0 Å². The summed E-state index contributed by atoms with van der Waals surface area (Å²) in [5.74, 6) is 0. The van der Waals surface area contributed by atoms with Gasteiger partial charge in [0.25, 0.3) is 0 Å². The molecule has 0 aliphatic heterocycles. The SMILES string of the molecule is CC1=C(C(C)(C)C)[CH]([Zr]([CH3])([CH3])(=[SiH2])[CH]2C(C(C)(C)C)=C(C)c3c(-c4cccc5ccccc45)ccc(-c4cccc5ccccc45)c32)c2c(-c3cccc4ccccc34)ccc(-c3cccc4ccccc34)c21. The molecule has 2 heteroatoms. The molecule has 72 heavy (non-hydrogen) atoms. The third kappa shape index (κ3) is 7.14. The van der Waals surface area contributed by atoms with E-state index in [1.807, 2.05) is 0 Å². The van der Waals surface area contributed by atoms with E-state index >= 15 is 0 Å². The molecule has 0 nitrogen and oxygen atoms in total. The van der Waals surface area contributed by atoms with Crippen molar-refractivity contribution < 1.29 is 17.4 Å². The summed E-state index contributed by atoms with van der Waals surface area (Å²) in [4.78, 5) is 0. The van der Waals surface area contributed by atoms with Gasteiger partial charge in [-0.3, -0.25) is 0 Å². The van der Waals surface area contributed by atoms with Crippen molar-refractivity contribution in [1.29, 1.82) is 0 Å². The zero-order valence-corrected chi connectivity index (χ0v) is 47.7. The van der Waals surface area contributed by atoms with E-state index in [1.54, 1.807) is 22.3 Å². The number of benzene rings is 10. The first-order valence-electron chi connectivity index (χ1n) is 26.2. The van der Waals surface area contributed by atoms with Crippen molar-refractivity contribution in [2.75, 3.05) is 0 Å². The monoisotopic (exact) mass is 1020 g/mol. The Balaban J connectivity index is 1.24. The van der Waals surface area contributed by atoms with Crippen LogP contribution < -0.4 is 0 Å². The Labute approximate surface area is 430 Å². The third-order valence-corrected chi connectivity index (χ3v) is 34.0. The molecule has 0 saturated heterocycles. The predicted molar refractivity (Wildman–Crippen MR) is 315 cm³/mol. The molecule has 354 valence electrons. The van der Waals surface area contributed by atoms with E-state index in [1.165, 1.54) is 110 Å². The second kappa shape index (κ2) is 16.7. The van der Waals surface area contributed by atoms with Gasteiger partial charge in [0.05, 0.1) is 0 Å². The third-order valence-electron chi connectivity index (χ3n) is 17.0. The fourth-order valence-corrected chi connectivity index (χ4v) is 34.1. The van der Waals surface area contributed by atoms with Gasteiger partial charge in [0.2, 0.25) is 0 Å². The molecule has 10 aromatic rings. The molecule has 0 N–H and O–H groups in total. The van der Waals surface area contributed by atoms with E-state index in [4.69, 9.17) is 0 Å². The van der Waals surface area contributed by atoms with Gasteiger partial charge in [-0.05, 0) is 0 Å². The van der Waals surface area contributed by atoms with Gasteiger partial charge in [-0.2, -0.15) is 0 Å². The number of rotatable bonds is 6. The van der Waals surface area contributed by atoms with Crippen molar-refractivity contribution in [2.24, 2.45) is 10.8 Å². The molecule has 0 radical (unpaired) electrons. The molecule has 2 aliphatic rings. The van der Waals surface area contributed by atoms with Crippen molar-refractivity contribution in [2.45, 2.75) is 71.9 Å². The van der Waals surface area contributed by atoms with Crippen LogP contribution in [0.2, 0.25) is 9.26 Å². The van der Waals surface area contributed by atoms with Crippen LogP contribution in [0.1, 0.15) is 84.9 Å². The van der Waals surface area contributed by atoms with Crippen LogP contribution in [-0.2, 0) is 17.4 Å². The Kier molecular flexibility index (Phi) is 10.9. The van der Waals surface area contributed by atoms with Crippen LogP contribution in [-0.4, -0.2) is 6.88 Å². The summed E-state index contributed by atoms with van der Waals surface area (Å²) >= 11 is -4.65. The summed E-state index contributed by atoms with van der Waals surface area (Å²) in [5.41, 5.74) is 22.8. The molecule has 2 aliphatic carbocycles. The molecular weight excluding hydrogens is 960 g/mol. The van der Waals surface area contributed by atoms with Crippen LogP contribution in [0.4, 0.5) is 0 Å². The van der Waals surface area contributed by atoms with Crippen molar-refractivity contribution in [1.82, 2.24) is 0 Å². The molecule has 0 spiro atoms. The maximum absolute atomic E-state index is 4.65. The number of allylic oxidation sites excluding steroid dienone is 4. The van der Waals surface area contributed by atoms with Gasteiger partial charge in [-0.25, -0.2) is 0 Å². The van der Waals surface area contributed by atoms with Gasteiger partial charge < -0.3 is 0 Å². The fourth-order valence-electron chi connectivity index (χ4n) is 14.5. The zero-order chi connectivity index (χ0) is 50.1. The van der Waals surface area contributed by atoms with E-state index in [0.717, 1.165) is 0 Å². The number of fused-ring (bicyclic) bond motifs is 6. The Morgan fingerprint density at radius 2 is 0.569 bits per heavy atom. The summed E-state index contributed by atoms with van der Waals surface area (Å²) in [6.45, 7) is 22.6. The molecule has 2 atom stereocenters. The van der Waals surface area contributed by atoms with Crippen molar-refractivity contribution >= 4 is 61.1 Å². The van der Waals surface area contributed by atoms with Crippen molar-refractivity contribution in [3.05, 3.63) is 228 Å². The summed E-state index contributed by atoms with van der Waals surface area (Å²) in [7, 11) is 0. The molecule has 0 heterocycles. The standard InChI is InChI=1S/2C34H29.2CH3.H2Si.Zr/c2*1-22-32(34(2,3)4)21-31-29(27-17-9-13-23-11-5-7-15-25(23)27)19-20-30(33(22)31)28-18-10-14-24-12-6-8-16-26(24)28;;;;/h2*5-21H,1-4H3;2*1H3;1H2;. The van der Waals surface area contributed by atoms with E-state index in [2.05, 4.69) is 266 Å². The van der Waals surface area contributed by atoms with Gasteiger partial charge >= 0.3 is 433 Å². The average molecular weight is 1030 g/mol. The quantitative estimate of drug-likeness (QED) is 0.146. The van der Waals surface area contributed by atoms with E-state index in [0.29, 0.717) is 0 Å². The first-order chi connectivity index (χ1) is 34.4. The molecule has 0 bridgehead atoms. The van der Waals surface area contributed by atoms with Gasteiger partial charge in [-0.1, -0.05) is 0 Å². The first-order valence-corrected chi connectivity index (χ1v) is 39.9. The average Bonchev–Trinajstić information content (AvgIpc) is 3.89.